The van der Waals surface area contributed by atoms with Gasteiger partial charge in [0.15, 0.2) is 5.96 Å². The van der Waals surface area contributed by atoms with Gasteiger partial charge in [-0.2, -0.15) is 0 Å². The molecule has 7 heteroatoms. The molecule has 1 N–H and O–H groups in total. The topological polar surface area (TPSA) is 47.9 Å². The Morgan fingerprint density at radius 3 is 2.54 bits per heavy atom. The van der Waals surface area contributed by atoms with E-state index in [0.717, 1.165) is 23.1 Å². The van der Waals surface area contributed by atoms with Gasteiger partial charge in [-0.3, -0.25) is 9.79 Å². The van der Waals surface area contributed by atoms with E-state index in [1.807, 2.05) is 29.2 Å². The van der Waals surface area contributed by atoms with Crippen LogP contribution in [0.5, 0.6) is 0 Å². The monoisotopic (exact) mass is 462 g/mol. The van der Waals surface area contributed by atoms with E-state index in [9.17, 15) is 4.79 Å². The first-order valence-electron chi connectivity index (χ1n) is 8.16. The molecule has 0 atom stereocenters. The summed E-state index contributed by atoms with van der Waals surface area (Å²) < 4.78 is 0. The molecule has 24 heavy (non-hydrogen) atoms. The quantitative estimate of drug-likeness (QED) is 0.427. The lowest BCUT2D eigenvalue weighted by atomic mass is 9.93. The van der Waals surface area contributed by atoms with E-state index in [1.165, 1.54) is 19.3 Å². The number of guanidine groups is 1. The van der Waals surface area contributed by atoms with Gasteiger partial charge in [0.1, 0.15) is 0 Å². The highest BCUT2D eigenvalue weighted by molar-refractivity contribution is 14.0. The molecule has 2 aliphatic rings. The summed E-state index contributed by atoms with van der Waals surface area (Å²) in [6, 6.07) is 8.19. The molecule has 0 spiro atoms. The van der Waals surface area contributed by atoms with E-state index in [0.29, 0.717) is 25.7 Å². The SMILES string of the molecule is CN=C(NC1CCC1)N1CCN(Cc2ccc(Cl)cc2)C(=O)C1.I. The highest BCUT2D eigenvalue weighted by Crippen LogP contribution is 2.19. The van der Waals surface area contributed by atoms with Gasteiger partial charge in [-0.15, -0.1) is 24.0 Å². The summed E-state index contributed by atoms with van der Waals surface area (Å²) >= 11 is 5.90. The van der Waals surface area contributed by atoms with Gasteiger partial charge < -0.3 is 15.1 Å². The molecule has 0 unspecified atom stereocenters. The van der Waals surface area contributed by atoms with Crippen LogP contribution in [0.2, 0.25) is 5.02 Å². The smallest absolute Gasteiger partial charge is 0.242 e. The van der Waals surface area contributed by atoms with E-state index in [2.05, 4.69) is 15.2 Å². The molecule has 1 aliphatic carbocycles. The fourth-order valence-electron chi connectivity index (χ4n) is 2.90. The summed E-state index contributed by atoms with van der Waals surface area (Å²) in [7, 11) is 1.78. The van der Waals surface area contributed by atoms with Crippen molar-refractivity contribution in [3.63, 3.8) is 0 Å². The molecule has 1 saturated heterocycles. The highest BCUT2D eigenvalue weighted by Gasteiger charge is 2.28. The van der Waals surface area contributed by atoms with Crippen LogP contribution in [-0.2, 0) is 11.3 Å². The molecule has 1 aromatic carbocycles. The number of rotatable bonds is 3. The summed E-state index contributed by atoms with van der Waals surface area (Å²) in [4.78, 5) is 20.7. The Balaban J connectivity index is 0.00000208. The lowest BCUT2D eigenvalue weighted by Gasteiger charge is -2.38. The Hall–Kier alpha value is -1.02. The minimum atomic E-state index is 0. The lowest BCUT2D eigenvalue weighted by molar-refractivity contribution is -0.135. The number of amides is 1. The highest BCUT2D eigenvalue weighted by atomic mass is 127. The van der Waals surface area contributed by atoms with Crippen molar-refractivity contribution in [1.82, 2.24) is 15.1 Å². The number of benzene rings is 1. The Morgan fingerprint density at radius 2 is 2.00 bits per heavy atom. The van der Waals surface area contributed by atoms with Crippen LogP contribution in [0.25, 0.3) is 0 Å². The number of hydrogen-bond donors (Lipinski definition) is 1. The molecule has 1 amide bonds. The molecule has 132 valence electrons. The fraction of sp³-hybridized carbons (Fsp3) is 0.529. The number of halogens is 2. The predicted octanol–water partition coefficient (Wildman–Crippen LogP) is 2.73. The Bertz CT molecular complexity index is 589. The van der Waals surface area contributed by atoms with Gasteiger partial charge in [0.05, 0.1) is 6.54 Å². The van der Waals surface area contributed by atoms with Crippen molar-refractivity contribution in [2.24, 2.45) is 4.99 Å². The van der Waals surface area contributed by atoms with Crippen molar-refractivity contribution in [2.45, 2.75) is 31.8 Å². The fourth-order valence-corrected chi connectivity index (χ4v) is 3.03. The number of piperazine rings is 1. The van der Waals surface area contributed by atoms with Gasteiger partial charge >= 0.3 is 0 Å². The Labute approximate surface area is 165 Å². The van der Waals surface area contributed by atoms with Gasteiger partial charge in [0.25, 0.3) is 0 Å². The molecule has 1 heterocycles. The Morgan fingerprint density at radius 1 is 1.29 bits per heavy atom. The van der Waals surface area contributed by atoms with Crippen molar-refractivity contribution in [1.29, 1.82) is 0 Å². The average molecular weight is 463 g/mol. The number of hydrogen-bond acceptors (Lipinski definition) is 2. The first kappa shape index (κ1) is 19.3. The first-order chi connectivity index (χ1) is 11.2. The molecule has 5 nitrogen and oxygen atoms in total. The van der Waals surface area contributed by atoms with Crippen LogP contribution in [0.1, 0.15) is 24.8 Å². The third-order valence-electron chi connectivity index (χ3n) is 4.56. The van der Waals surface area contributed by atoms with Crippen LogP contribution in [0.3, 0.4) is 0 Å². The second-order valence-corrected chi connectivity index (χ2v) is 6.62. The van der Waals surface area contributed by atoms with E-state index in [-0.39, 0.29) is 29.9 Å². The zero-order valence-corrected chi connectivity index (χ0v) is 17.0. The third kappa shape index (κ3) is 4.75. The number of aliphatic imine (C=N–C) groups is 1. The second-order valence-electron chi connectivity index (χ2n) is 6.18. The van der Waals surface area contributed by atoms with Gasteiger partial charge in [-0.05, 0) is 37.0 Å². The minimum Gasteiger partial charge on any atom is -0.354 e. The summed E-state index contributed by atoms with van der Waals surface area (Å²) in [6.07, 6.45) is 3.68. The van der Waals surface area contributed by atoms with Crippen LogP contribution in [0.4, 0.5) is 0 Å². The largest absolute Gasteiger partial charge is 0.354 e. The lowest BCUT2D eigenvalue weighted by Crippen LogP contribution is -2.56. The second kappa shape index (κ2) is 8.89. The van der Waals surface area contributed by atoms with Crippen LogP contribution < -0.4 is 5.32 Å². The number of nitrogens with one attached hydrogen (secondary N) is 1. The van der Waals surface area contributed by atoms with Crippen molar-refractivity contribution < 1.29 is 4.79 Å². The molecule has 1 aromatic rings. The molecular weight excluding hydrogens is 439 g/mol. The summed E-state index contributed by atoms with van der Waals surface area (Å²) in [6.45, 7) is 2.55. The maximum absolute atomic E-state index is 12.4. The maximum atomic E-state index is 12.4. The van der Waals surface area contributed by atoms with Crippen LogP contribution in [-0.4, -0.2) is 54.4 Å². The Kier molecular flexibility index (Phi) is 7.16. The molecule has 0 radical (unpaired) electrons. The van der Waals surface area contributed by atoms with Crippen LogP contribution in [0.15, 0.2) is 29.3 Å². The predicted molar refractivity (Wildman–Crippen MR) is 108 cm³/mol. The van der Waals surface area contributed by atoms with E-state index in [1.54, 1.807) is 7.05 Å². The number of nitrogens with zero attached hydrogens (tertiary/aromatic N) is 3. The summed E-state index contributed by atoms with van der Waals surface area (Å²) in [5, 5.41) is 4.17. The third-order valence-corrected chi connectivity index (χ3v) is 4.81. The van der Waals surface area contributed by atoms with Crippen molar-refractivity contribution in [3.8, 4) is 0 Å². The van der Waals surface area contributed by atoms with Crippen molar-refractivity contribution in [2.75, 3.05) is 26.7 Å². The van der Waals surface area contributed by atoms with Gasteiger partial charge in [-0.25, -0.2) is 0 Å². The molecule has 0 aromatic heterocycles. The van der Waals surface area contributed by atoms with E-state index >= 15 is 0 Å². The normalized spacial score (nSPS) is 18.9. The zero-order chi connectivity index (χ0) is 16.2. The molecule has 0 bridgehead atoms. The average Bonchev–Trinajstić information content (AvgIpc) is 2.51. The molecular formula is C17H24ClIN4O. The first-order valence-corrected chi connectivity index (χ1v) is 8.54. The van der Waals surface area contributed by atoms with Crippen LogP contribution >= 0.6 is 35.6 Å². The maximum Gasteiger partial charge on any atom is 0.242 e. The summed E-state index contributed by atoms with van der Waals surface area (Å²) in [5.41, 5.74) is 1.10. The minimum absolute atomic E-state index is 0. The van der Waals surface area contributed by atoms with E-state index < -0.39 is 0 Å². The van der Waals surface area contributed by atoms with Gasteiger partial charge in [0, 0.05) is 37.7 Å². The molecule has 2 fully saturated rings. The van der Waals surface area contributed by atoms with Gasteiger partial charge in [0.2, 0.25) is 5.91 Å². The summed E-state index contributed by atoms with van der Waals surface area (Å²) in [5.74, 6) is 0.997. The zero-order valence-electron chi connectivity index (χ0n) is 13.9. The van der Waals surface area contributed by atoms with Crippen molar-refractivity contribution >= 4 is 47.4 Å². The van der Waals surface area contributed by atoms with Crippen molar-refractivity contribution in [3.05, 3.63) is 34.9 Å². The van der Waals surface area contributed by atoms with Gasteiger partial charge in [-0.1, -0.05) is 23.7 Å². The molecule has 3 rings (SSSR count). The molecule has 1 saturated carbocycles. The standard InChI is InChI=1S/C17H23ClN4O.HI/c1-19-17(20-15-3-2-4-15)22-10-9-21(16(23)12-22)11-13-5-7-14(18)8-6-13;/h5-8,15H,2-4,9-12H2,1H3,(H,19,20);1H. The number of carbonyl (C=O) groups is 1. The number of carbonyl (C=O) groups excluding carboxylic acids is 1. The van der Waals surface area contributed by atoms with E-state index in [4.69, 9.17) is 11.6 Å². The molecule has 1 aliphatic heterocycles. The van der Waals surface area contributed by atoms with Crippen LogP contribution in [0, 0.1) is 0 Å².